The molecule has 0 saturated carbocycles. The average Bonchev–Trinajstić information content (AvgIpc) is 3.39. The fourth-order valence-corrected chi connectivity index (χ4v) is 3.97. The van der Waals surface area contributed by atoms with E-state index in [0.29, 0.717) is 6.54 Å². The number of aromatic nitrogens is 2. The van der Waals surface area contributed by atoms with E-state index >= 15 is 0 Å². The molecule has 0 bridgehead atoms. The molecule has 2 aromatic carbocycles. The van der Waals surface area contributed by atoms with E-state index in [0.717, 1.165) is 33.4 Å². The lowest BCUT2D eigenvalue weighted by Gasteiger charge is -2.13. The van der Waals surface area contributed by atoms with Gasteiger partial charge in [-0.2, -0.15) is 0 Å². The number of fused-ring (bicyclic) bond motifs is 1. The molecule has 4 rings (SSSR count). The molecule has 2 heterocycles. The first kappa shape index (κ1) is 19.1. The number of thioether (sulfide) groups is 1. The van der Waals surface area contributed by atoms with Gasteiger partial charge in [-0.3, -0.25) is 9.36 Å². The molecular formula is C22H21N3O3S. The molecule has 7 heteroatoms. The van der Waals surface area contributed by atoms with Crippen molar-refractivity contribution in [1.82, 2.24) is 14.9 Å². The molecule has 29 heavy (non-hydrogen) atoms. The summed E-state index contributed by atoms with van der Waals surface area (Å²) in [6, 6.07) is 19.4. The van der Waals surface area contributed by atoms with Crippen molar-refractivity contribution >= 4 is 28.7 Å². The molecule has 0 fully saturated rings. The Hall–Kier alpha value is -3.19. The summed E-state index contributed by atoms with van der Waals surface area (Å²) < 4.78 is 12.6. The van der Waals surface area contributed by atoms with Gasteiger partial charge in [0.05, 0.1) is 36.2 Å². The minimum atomic E-state index is -0.321. The van der Waals surface area contributed by atoms with Crippen LogP contribution in [0.4, 0.5) is 0 Å². The van der Waals surface area contributed by atoms with Crippen LogP contribution >= 0.6 is 11.8 Å². The Bertz CT molecular complexity index is 1100. The third-order valence-corrected chi connectivity index (χ3v) is 5.58. The van der Waals surface area contributed by atoms with Crippen molar-refractivity contribution in [2.24, 2.45) is 0 Å². The van der Waals surface area contributed by atoms with Gasteiger partial charge in [-0.05, 0) is 55.5 Å². The third-order valence-electron chi connectivity index (χ3n) is 4.53. The molecule has 0 aliphatic carbocycles. The third kappa shape index (κ3) is 4.14. The predicted molar refractivity (Wildman–Crippen MR) is 113 cm³/mol. The largest absolute Gasteiger partial charge is 0.497 e. The maximum atomic E-state index is 12.6. The SMILES string of the molecule is COc1ccc(-n2c(S[C@H](C)C(=O)NCc3ccco3)nc3ccccc32)cc1. The normalized spacial score (nSPS) is 12.1. The van der Waals surface area contributed by atoms with Crippen LogP contribution < -0.4 is 10.1 Å². The number of benzene rings is 2. The van der Waals surface area contributed by atoms with E-state index in [1.54, 1.807) is 19.4 Å². The van der Waals surface area contributed by atoms with Crippen LogP contribution in [0, 0.1) is 0 Å². The van der Waals surface area contributed by atoms with Gasteiger partial charge in [0.1, 0.15) is 11.5 Å². The van der Waals surface area contributed by atoms with Crippen LogP contribution in [0.5, 0.6) is 5.75 Å². The van der Waals surface area contributed by atoms with E-state index in [1.807, 2.05) is 61.5 Å². The highest BCUT2D eigenvalue weighted by Crippen LogP contribution is 2.31. The van der Waals surface area contributed by atoms with Crippen molar-refractivity contribution in [2.75, 3.05) is 7.11 Å². The van der Waals surface area contributed by atoms with E-state index < -0.39 is 0 Å². The Kier molecular flexibility index (Phi) is 5.57. The highest BCUT2D eigenvalue weighted by molar-refractivity contribution is 8.00. The minimum absolute atomic E-state index is 0.0697. The molecule has 4 aromatic rings. The lowest BCUT2D eigenvalue weighted by Crippen LogP contribution is -2.30. The highest BCUT2D eigenvalue weighted by Gasteiger charge is 2.20. The number of hydrogen-bond donors (Lipinski definition) is 1. The zero-order valence-corrected chi connectivity index (χ0v) is 17.0. The molecule has 0 aliphatic heterocycles. The maximum Gasteiger partial charge on any atom is 0.233 e. The van der Waals surface area contributed by atoms with Crippen LogP contribution in [-0.4, -0.2) is 27.8 Å². The Labute approximate surface area is 172 Å². The van der Waals surface area contributed by atoms with E-state index in [2.05, 4.69) is 9.88 Å². The number of nitrogens with zero attached hydrogens (tertiary/aromatic N) is 2. The van der Waals surface area contributed by atoms with Gasteiger partial charge in [-0.25, -0.2) is 4.98 Å². The van der Waals surface area contributed by atoms with E-state index in [4.69, 9.17) is 14.1 Å². The van der Waals surface area contributed by atoms with Crippen molar-refractivity contribution in [1.29, 1.82) is 0 Å². The second kappa shape index (κ2) is 8.45. The maximum absolute atomic E-state index is 12.6. The quantitative estimate of drug-likeness (QED) is 0.459. The van der Waals surface area contributed by atoms with Crippen LogP contribution in [0.25, 0.3) is 16.7 Å². The van der Waals surface area contributed by atoms with Crippen LogP contribution in [0.3, 0.4) is 0 Å². The standard InChI is InChI=1S/C22H21N3O3S/c1-15(21(26)23-14-18-6-5-13-28-18)29-22-24-19-7-3-4-8-20(19)25(22)16-9-11-17(27-2)12-10-16/h3-13,15H,14H2,1-2H3,(H,23,26)/t15-/m1/s1. The lowest BCUT2D eigenvalue weighted by atomic mass is 10.2. The Balaban J connectivity index is 1.59. The van der Waals surface area contributed by atoms with Gasteiger partial charge in [-0.1, -0.05) is 23.9 Å². The van der Waals surface area contributed by atoms with Gasteiger partial charge >= 0.3 is 0 Å². The number of carbonyl (C=O) groups excluding carboxylic acids is 1. The van der Waals surface area contributed by atoms with Crippen molar-refractivity contribution in [3.8, 4) is 11.4 Å². The number of hydrogen-bond acceptors (Lipinski definition) is 5. The molecular weight excluding hydrogens is 386 g/mol. The summed E-state index contributed by atoms with van der Waals surface area (Å²) in [7, 11) is 1.64. The first-order valence-corrected chi connectivity index (χ1v) is 10.1. The van der Waals surface area contributed by atoms with Gasteiger partial charge in [0.25, 0.3) is 0 Å². The topological polar surface area (TPSA) is 69.3 Å². The van der Waals surface area contributed by atoms with Gasteiger partial charge in [-0.15, -0.1) is 0 Å². The highest BCUT2D eigenvalue weighted by atomic mass is 32.2. The molecule has 6 nitrogen and oxygen atoms in total. The van der Waals surface area contributed by atoms with Gasteiger partial charge in [0.2, 0.25) is 5.91 Å². The molecule has 0 spiro atoms. The summed E-state index contributed by atoms with van der Waals surface area (Å²) in [6.45, 7) is 2.24. The molecule has 1 amide bonds. The molecule has 0 unspecified atom stereocenters. The molecule has 1 atom stereocenters. The number of imidazole rings is 1. The Morgan fingerprint density at radius 3 is 2.69 bits per heavy atom. The minimum Gasteiger partial charge on any atom is -0.497 e. The number of furan rings is 1. The van der Waals surface area contributed by atoms with Gasteiger partial charge in [0, 0.05) is 5.69 Å². The van der Waals surface area contributed by atoms with Crippen LogP contribution in [0.2, 0.25) is 0 Å². The Morgan fingerprint density at radius 1 is 1.17 bits per heavy atom. The van der Waals surface area contributed by atoms with Crippen LogP contribution in [0.15, 0.2) is 76.5 Å². The number of ether oxygens (including phenoxy) is 1. The number of rotatable bonds is 7. The Morgan fingerprint density at radius 2 is 1.97 bits per heavy atom. The summed E-state index contributed by atoms with van der Waals surface area (Å²) in [6.07, 6.45) is 1.59. The van der Waals surface area contributed by atoms with E-state index in [-0.39, 0.29) is 11.2 Å². The number of nitrogens with one attached hydrogen (secondary N) is 1. The molecule has 0 saturated heterocycles. The zero-order chi connectivity index (χ0) is 20.2. The van der Waals surface area contributed by atoms with Crippen molar-refractivity contribution in [3.63, 3.8) is 0 Å². The monoisotopic (exact) mass is 407 g/mol. The van der Waals surface area contributed by atoms with Crippen molar-refractivity contribution < 1.29 is 13.9 Å². The van der Waals surface area contributed by atoms with Gasteiger partial charge < -0.3 is 14.5 Å². The first-order valence-electron chi connectivity index (χ1n) is 9.24. The van der Waals surface area contributed by atoms with Crippen LogP contribution in [0.1, 0.15) is 12.7 Å². The van der Waals surface area contributed by atoms with E-state index in [9.17, 15) is 4.79 Å². The second-order valence-electron chi connectivity index (χ2n) is 6.47. The first-order chi connectivity index (χ1) is 14.2. The molecule has 2 aromatic heterocycles. The van der Waals surface area contributed by atoms with Crippen molar-refractivity contribution in [2.45, 2.75) is 23.9 Å². The number of methoxy groups -OCH3 is 1. The molecule has 1 N–H and O–H groups in total. The molecule has 0 radical (unpaired) electrons. The summed E-state index contributed by atoms with van der Waals surface area (Å²) in [5.74, 6) is 1.44. The average molecular weight is 407 g/mol. The smallest absolute Gasteiger partial charge is 0.233 e. The van der Waals surface area contributed by atoms with E-state index in [1.165, 1.54) is 11.8 Å². The van der Waals surface area contributed by atoms with Gasteiger partial charge in [0.15, 0.2) is 5.16 Å². The summed E-state index contributed by atoms with van der Waals surface area (Å²) in [5, 5.41) is 3.35. The summed E-state index contributed by atoms with van der Waals surface area (Å²) in [5.41, 5.74) is 2.84. The van der Waals surface area contributed by atoms with Crippen LogP contribution in [-0.2, 0) is 11.3 Å². The fourth-order valence-electron chi connectivity index (χ4n) is 3.01. The lowest BCUT2D eigenvalue weighted by molar-refractivity contribution is -0.120. The fraction of sp³-hybridized carbons (Fsp3) is 0.182. The zero-order valence-electron chi connectivity index (χ0n) is 16.2. The second-order valence-corrected chi connectivity index (χ2v) is 7.78. The summed E-state index contributed by atoms with van der Waals surface area (Å²) in [4.78, 5) is 17.3. The summed E-state index contributed by atoms with van der Waals surface area (Å²) >= 11 is 1.42. The number of carbonyl (C=O) groups is 1. The predicted octanol–water partition coefficient (Wildman–Crippen LogP) is 4.42. The number of amides is 1. The molecule has 148 valence electrons. The number of para-hydroxylation sites is 2. The van der Waals surface area contributed by atoms with Crippen molar-refractivity contribution in [3.05, 3.63) is 72.7 Å². The molecule has 0 aliphatic rings.